The molecule has 1 aromatic carbocycles. The van der Waals surface area contributed by atoms with E-state index < -0.39 is 15.8 Å². The van der Waals surface area contributed by atoms with Crippen molar-refractivity contribution in [1.82, 2.24) is 5.32 Å². The minimum atomic E-state index is -3.62. The van der Waals surface area contributed by atoms with Gasteiger partial charge in [0.1, 0.15) is 5.82 Å². The standard InChI is InChI=1S/C14H15FN2O2S2/c1-16-8-12-7-13(9-20-12)21(18,19)17-5-4-10-2-3-11(15)6-14(10)17/h2-3,6-7,9,16H,4-5,8H2,1H3. The molecule has 4 nitrogen and oxygen atoms in total. The summed E-state index contributed by atoms with van der Waals surface area (Å²) < 4.78 is 40.1. The first-order chi connectivity index (χ1) is 10.0. The fraction of sp³-hybridized carbons (Fsp3) is 0.286. The number of halogens is 1. The lowest BCUT2D eigenvalue weighted by atomic mass is 10.2. The van der Waals surface area contributed by atoms with Crippen LogP contribution in [0.2, 0.25) is 0 Å². The molecule has 0 bridgehead atoms. The van der Waals surface area contributed by atoms with Gasteiger partial charge in [-0.1, -0.05) is 6.07 Å². The van der Waals surface area contributed by atoms with Crippen molar-refractivity contribution in [1.29, 1.82) is 0 Å². The van der Waals surface area contributed by atoms with Crippen LogP contribution in [0.4, 0.5) is 10.1 Å². The van der Waals surface area contributed by atoms with E-state index in [1.54, 1.807) is 17.5 Å². The average Bonchev–Trinajstić information content (AvgIpc) is 3.05. The van der Waals surface area contributed by atoms with E-state index in [1.165, 1.54) is 27.8 Å². The van der Waals surface area contributed by atoms with Crippen molar-refractivity contribution in [2.24, 2.45) is 0 Å². The Bertz CT molecular complexity index is 771. The zero-order valence-electron chi connectivity index (χ0n) is 11.5. The number of hydrogen-bond donors (Lipinski definition) is 1. The Balaban J connectivity index is 1.98. The number of nitrogens with zero attached hydrogens (tertiary/aromatic N) is 1. The van der Waals surface area contributed by atoms with E-state index in [2.05, 4.69) is 5.32 Å². The molecule has 1 aliphatic rings. The number of hydrogen-bond acceptors (Lipinski definition) is 4. The van der Waals surface area contributed by atoms with Crippen molar-refractivity contribution in [2.75, 3.05) is 17.9 Å². The Morgan fingerprint density at radius 3 is 2.95 bits per heavy atom. The van der Waals surface area contributed by atoms with E-state index >= 15 is 0 Å². The second kappa shape index (κ2) is 5.40. The molecule has 21 heavy (non-hydrogen) atoms. The van der Waals surface area contributed by atoms with Gasteiger partial charge in [-0.05, 0) is 37.2 Å². The van der Waals surface area contributed by atoms with Crippen molar-refractivity contribution >= 4 is 27.0 Å². The molecule has 0 unspecified atom stereocenters. The van der Waals surface area contributed by atoms with Crippen LogP contribution in [0.5, 0.6) is 0 Å². The third-order valence-corrected chi connectivity index (χ3v) is 6.35. The predicted molar refractivity (Wildman–Crippen MR) is 81.7 cm³/mol. The van der Waals surface area contributed by atoms with E-state index in [9.17, 15) is 12.8 Å². The molecule has 0 amide bonds. The van der Waals surface area contributed by atoms with Crippen LogP contribution >= 0.6 is 11.3 Å². The van der Waals surface area contributed by atoms with Gasteiger partial charge in [0.05, 0.1) is 10.6 Å². The first-order valence-electron chi connectivity index (χ1n) is 6.55. The zero-order chi connectivity index (χ0) is 15.0. The van der Waals surface area contributed by atoms with E-state index in [0.29, 0.717) is 25.2 Å². The van der Waals surface area contributed by atoms with E-state index in [-0.39, 0.29) is 4.90 Å². The third kappa shape index (κ3) is 2.56. The molecule has 0 saturated carbocycles. The highest BCUT2D eigenvalue weighted by atomic mass is 32.2. The van der Waals surface area contributed by atoms with Gasteiger partial charge in [0, 0.05) is 23.3 Å². The highest BCUT2D eigenvalue weighted by Gasteiger charge is 2.31. The number of nitrogens with one attached hydrogen (secondary N) is 1. The maximum atomic E-state index is 13.4. The van der Waals surface area contributed by atoms with Crippen LogP contribution in [0, 0.1) is 5.82 Å². The molecule has 0 fully saturated rings. The van der Waals surface area contributed by atoms with Crippen LogP contribution < -0.4 is 9.62 Å². The SMILES string of the molecule is CNCc1cc(S(=O)(=O)N2CCc3ccc(F)cc32)cs1. The monoisotopic (exact) mass is 326 g/mol. The van der Waals surface area contributed by atoms with Gasteiger partial charge < -0.3 is 5.32 Å². The molecule has 0 aliphatic carbocycles. The molecule has 0 spiro atoms. The van der Waals surface area contributed by atoms with Crippen molar-refractivity contribution in [2.45, 2.75) is 17.9 Å². The van der Waals surface area contributed by atoms with Crippen molar-refractivity contribution < 1.29 is 12.8 Å². The van der Waals surface area contributed by atoms with E-state index in [1.807, 2.05) is 7.05 Å². The summed E-state index contributed by atoms with van der Waals surface area (Å²) in [5, 5.41) is 4.63. The second-order valence-electron chi connectivity index (χ2n) is 4.88. The molecule has 7 heteroatoms. The Hall–Kier alpha value is -1.44. The molecule has 1 aliphatic heterocycles. The molecule has 0 radical (unpaired) electrons. The van der Waals surface area contributed by atoms with E-state index in [0.717, 1.165) is 10.4 Å². The number of fused-ring (bicyclic) bond motifs is 1. The van der Waals surface area contributed by atoms with Gasteiger partial charge in [-0.25, -0.2) is 12.8 Å². The minimum absolute atomic E-state index is 0.273. The topological polar surface area (TPSA) is 49.4 Å². The van der Waals surface area contributed by atoms with Crippen LogP contribution in [-0.2, 0) is 23.0 Å². The summed E-state index contributed by atoms with van der Waals surface area (Å²) in [7, 11) is -1.80. The number of thiophene rings is 1. The van der Waals surface area contributed by atoms with Gasteiger partial charge >= 0.3 is 0 Å². The lowest BCUT2D eigenvalue weighted by Gasteiger charge is -2.18. The normalized spacial score (nSPS) is 14.5. The van der Waals surface area contributed by atoms with Gasteiger partial charge in [0.15, 0.2) is 0 Å². The summed E-state index contributed by atoms with van der Waals surface area (Å²) in [6.45, 7) is 0.990. The summed E-state index contributed by atoms with van der Waals surface area (Å²) in [5.41, 5.74) is 1.32. The molecule has 1 aromatic heterocycles. The molecule has 0 saturated heterocycles. The molecule has 2 heterocycles. The maximum Gasteiger partial charge on any atom is 0.265 e. The van der Waals surface area contributed by atoms with Gasteiger partial charge in [0.25, 0.3) is 10.0 Å². The number of anilines is 1. The Morgan fingerprint density at radius 1 is 1.38 bits per heavy atom. The molecule has 3 rings (SSSR count). The van der Waals surface area contributed by atoms with Crippen LogP contribution in [0.3, 0.4) is 0 Å². The Labute approximate surface area is 127 Å². The number of rotatable bonds is 4. The molecule has 1 N–H and O–H groups in total. The summed E-state index contributed by atoms with van der Waals surface area (Å²) in [6, 6.07) is 5.99. The highest BCUT2D eigenvalue weighted by molar-refractivity contribution is 7.93. The fourth-order valence-corrected chi connectivity index (χ4v) is 5.23. The first-order valence-corrected chi connectivity index (χ1v) is 8.87. The minimum Gasteiger partial charge on any atom is -0.315 e. The quantitative estimate of drug-likeness (QED) is 0.938. The maximum absolute atomic E-state index is 13.4. The van der Waals surface area contributed by atoms with Crippen LogP contribution in [0.25, 0.3) is 0 Å². The Morgan fingerprint density at radius 2 is 2.19 bits per heavy atom. The van der Waals surface area contributed by atoms with Gasteiger partial charge in [-0.15, -0.1) is 11.3 Å². The second-order valence-corrected chi connectivity index (χ2v) is 7.74. The summed E-state index contributed by atoms with van der Waals surface area (Å²) >= 11 is 1.40. The van der Waals surface area contributed by atoms with Gasteiger partial charge in [-0.3, -0.25) is 4.31 Å². The largest absolute Gasteiger partial charge is 0.315 e. The summed E-state index contributed by atoms with van der Waals surface area (Å²) in [4.78, 5) is 1.23. The molecule has 2 aromatic rings. The number of sulfonamides is 1. The van der Waals surface area contributed by atoms with Gasteiger partial charge in [-0.2, -0.15) is 0 Å². The lowest BCUT2D eigenvalue weighted by Crippen LogP contribution is -2.28. The average molecular weight is 326 g/mol. The first kappa shape index (κ1) is 14.5. The smallest absolute Gasteiger partial charge is 0.265 e. The Kier molecular flexibility index (Phi) is 3.73. The lowest BCUT2D eigenvalue weighted by molar-refractivity contribution is 0.592. The molecular formula is C14H15FN2O2S2. The molecule has 112 valence electrons. The number of benzene rings is 1. The molecular weight excluding hydrogens is 311 g/mol. The van der Waals surface area contributed by atoms with Crippen LogP contribution in [0.15, 0.2) is 34.5 Å². The van der Waals surface area contributed by atoms with E-state index in [4.69, 9.17) is 0 Å². The van der Waals surface area contributed by atoms with Crippen LogP contribution in [0.1, 0.15) is 10.4 Å². The predicted octanol–water partition coefficient (Wildman–Crippen LogP) is 2.36. The van der Waals surface area contributed by atoms with Gasteiger partial charge in [0.2, 0.25) is 0 Å². The zero-order valence-corrected chi connectivity index (χ0v) is 13.1. The van der Waals surface area contributed by atoms with Crippen molar-refractivity contribution in [3.63, 3.8) is 0 Å². The summed E-state index contributed by atoms with van der Waals surface area (Å²) in [5.74, 6) is -0.419. The highest BCUT2D eigenvalue weighted by Crippen LogP contribution is 2.34. The fourth-order valence-electron chi connectivity index (χ4n) is 2.46. The molecule has 0 atom stereocenters. The van der Waals surface area contributed by atoms with Crippen molar-refractivity contribution in [3.8, 4) is 0 Å². The van der Waals surface area contributed by atoms with Crippen LogP contribution in [-0.4, -0.2) is 22.0 Å². The third-order valence-electron chi connectivity index (χ3n) is 3.47. The summed E-state index contributed by atoms with van der Waals surface area (Å²) in [6.07, 6.45) is 0.613. The van der Waals surface area contributed by atoms with Crippen molar-refractivity contribution in [3.05, 3.63) is 45.9 Å².